The van der Waals surface area contributed by atoms with E-state index in [4.69, 9.17) is 16.3 Å². The Hall–Kier alpha value is -2.76. The number of piperidine rings is 1. The van der Waals surface area contributed by atoms with Crippen LogP contribution in [0.5, 0.6) is 5.75 Å². The summed E-state index contributed by atoms with van der Waals surface area (Å²) in [7, 11) is 1.53. The van der Waals surface area contributed by atoms with E-state index in [-0.39, 0.29) is 22.4 Å². The van der Waals surface area contributed by atoms with Gasteiger partial charge in [0.2, 0.25) is 0 Å². The molecule has 0 unspecified atom stereocenters. The predicted molar refractivity (Wildman–Crippen MR) is 134 cm³/mol. The number of benzene rings is 1. The quantitative estimate of drug-likeness (QED) is 0.409. The van der Waals surface area contributed by atoms with Gasteiger partial charge in [-0.25, -0.2) is 0 Å². The smallest absolute Gasteiger partial charge is 0.387 e. The molecule has 1 aromatic heterocycles. The molecule has 2 N–H and O–H groups in total. The van der Waals surface area contributed by atoms with E-state index >= 15 is 0 Å². The molecule has 1 aromatic carbocycles. The number of ether oxygens (including phenoxy) is 2. The second-order valence-electron chi connectivity index (χ2n) is 9.44. The first-order chi connectivity index (χ1) is 17.6. The molecule has 0 spiro atoms. The van der Waals surface area contributed by atoms with E-state index in [0.717, 1.165) is 5.69 Å². The molecular weight excluding hydrogens is 510 g/mol. The Kier molecular flexibility index (Phi) is 9.86. The Balaban J connectivity index is 1.89. The topological polar surface area (TPSA) is 106 Å². The number of hydrogen-bond acceptors (Lipinski definition) is 6. The van der Waals surface area contributed by atoms with Crippen molar-refractivity contribution in [3.63, 3.8) is 0 Å². The van der Waals surface area contributed by atoms with Crippen LogP contribution in [0, 0.1) is 5.92 Å². The van der Waals surface area contributed by atoms with Gasteiger partial charge in [-0.1, -0.05) is 25.4 Å². The maximum Gasteiger partial charge on any atom is 0.387 e. The Bertz CT molecular complexity index is 1070. The molecule has 9 nitrogen and oxygen atoms in total. The van der Waals surface area contributed by atoms with Crippen molar-refractivity contribution in [2.75, 3.05) is 38.7 Å². The predicted octanol–water partition coefficient (Wildman–Crippen LogP) is 4.43. The highest BCUT2D eigenvalue weighted by Crippen LogP contribution is 2.37. The number of carboxylic acids is 1. The van der Waals surface area contributed by atoms with Crippen LogP contribution >= 0.6 is 11.6 Å². The SMILES string of the molecule is COCC[C@H](CN1CCC(C(=O)Nc2ccc(Cl)cc2OC(F)F)(n2nccc2C(C)C)CC1)C(=O)O. The molecule has 1 amide bonds. The van der Waals surface area contributed by atoms with Crippen molar-refractivity contribution in [2.24, 2.45) is 5.92 Å². The highest BCUT2D eigenvalue weighted by Gasteiger charge is 2.45. The van der Waals surface area contributed by atoms with Gasteiger partial charge in [0, 0.05) is 56.3 Å². The van der Waals surface area contributed by atoms with Gasteiger partial charge in [-0.05, 0) is 43.4 Å². The van der Waals surface area contributed by atoms with Gasteiger partial charge in [0.15, 0.2) is 5.75 Å². The number of halogens is 3. The molecule has 1 aliphatic heterocycles. The van der Waals surface area contributed by atoms with E-state index in [9.17, 15) is 23.5 Å². The summed E-state index contributed by atoms with van der Waals surface area (Å²) in [4.78, 5) is 27.6. The van der Waals surface area contributed by atoms with Crippen molar-refractivity contribution in [1.82, 2.24) is 14.7 Å². The number of aliphatic carboxylic acids is 1. The summed E-state index contributed by atoms with van der Waals surface area (Å²) >= 11 is 5.95. The summed E-state index contributed by atoms with van der Waals surface area (Å²) in [5.41, 5.74) is -0.195. The van der Waals surface area contributed by atoms with E-state index < -0.39 is 29.9 Å². The Labute approximate surface area is 219 Å². The first kappa shape index (κ1) is 28.8. The highest BCUT2D eigenvalue weighted by atomic mass is 35.5. The van der Waals surface area contributed by atoms with Crippen LogP contribution in [0.15, 0.2) is 30.5 Å². The number of aromatic nitrogens is 2. The molecule has 2 heterocycles. The van der Waals surface area contributed by atoms with Crippen LogP contribution in [0.25, 0.3) is 0 Å². The summed E-state index contributed by atoms with van der Waals surface area (Å²) < 4.78 is 37.3. The third-order valence-corrected chi connectivity index (χ3v) is 6.92. The number of likely N-dealkylation sites (tertiary alicyclic amines) is 1. The molecule has 1 fully saturated rings. The lowest BCUT2D eigenvalue weighted by atomic mass is 9.85. The van der Waals surface area contributed by atoms with Crippen molar-refractivity contribution in [2.45, 2.75) is 51.2 Å². The minimum absolute atomic E-state index is 0.0697. The van der Waals surface area contributed by atoms with Crippen LogP contribution < -0.4 is 10.1 Å². The second kappa shape index (κ2) is 12.7. The van der Waals surface area contributed by atoms with Gasteiger partial charge in [-0.2, -0.15) is 13.9 Å². The molecule has 0 bridgehead atoms. The fourth-order valence-corrected chi connectivity index (χ4v) is 4.81. The Morgan fingerprint density at radius 1 is 1.24 bits per heavy atom. The van der Waals surface area contributed by atoms with Gasteiger partial charge >= 0.3 is 12.6 Å². The number of amides is 1. The maximum absolute atomic E-state index is 13.9. The van der Waals surface area contributed by atoms with Crippen LogP contribution in [0.1, 0.15) is 44.7 Å². The van der Waals surface area contributed by atoms with Crippen molar-refractivity contribution in [1.29, 1.82) is 0 Å². The summed E-state index contributed by atoms with van der Waals surface area (Å²) in [5, 5.41) is 17.0. The number of anilines is 1. The van der Waals surface area contributed by atoms with Gasteiger partial charge in [0.1, 0.15) is 5.54 Å². The second-order valence-corrected chi connectivity index (χ2v) is 9.88. The van der Waals surface area contributed by atoms with Gasteiger partial charge in [0.05, 0.1) is 11.6 Å². The molecule has 1 saturated heterocycles. The maximum atomic E-state index is 13.9. The molecule has 1 atom stereocenters. The zero-order valence-electron chi connectivity index (χ0n) is 21.1. The van der Waals surface area contributed by atoms with Crippen LogP contribution in [0.3, 0.4) is 0 Å². The first-order valence-corrected chi connectivity index (χ1v) is 12.5. The van der Waals surface area contributed by atoms with E-state index in [0.29, 0.717) is 45.5 Å². The number of nitrogens with zero attached hydrogens (tertiary/aromatic N) is 3. The van der Waals surface area contributed by atoms with Gasteiger partial charge in [0.25, 0.3) is 5.91 Å². The molecule has 0 saturated carbocycles. The van der Waals surface area contributed by atoms with Gasteiger partial charge in [-0.3, -0.25) is 14.3 Å². The number of nitrogens with one attached hydrogen (secondary N) is 1. The molecular formula is C25H33ClF2N4O5. The van der Waals surface area contributed by atoms with E-state index in [1.807, 2.05) is 24.8 Å². The van der Waals surface area contributed by atoms with Crippen molar-refractivity contribution in [3.8, 4) is 5.75 Å². The van der Waals surface area contributed by atoms with Gasteiger partial charge < -0.3 is 24.8 Å². The number of methoxy groups -OCH3 is 1. The largest absolute Gasteiger partial charge is 0.481 e. The fourth-order valence-electron chi connectivity index (χ4n) is 4.65. The normalized spacial score (nSPS) is 16.6. The lowest BCUT2D eigenvalue weighted by Gasteiger charge is -2.42. The molecule has 3 rings (SSSR count). The zero-order chi connectivity index (χ0) is 27.2. The third kappa shape index (κ3) is 6.97. The summed E-state index contributed by atoms with van der Waals surface area (Å²) in [6.07, 6.45) is 2.70. The number of carbonyl (C=O) groups excluding carboxylic acids is 1. The minimum Gasteiger partial charge on any atom is -0.481 e. The summed E-state index contributed by atoms with van der Waals surface area (Å²) in [6.45, 7) is 2.46. The molecule has 2 aromatic rings. The minimum atomic E-state index is -3.09. The molecule has 1 aliphatic rings. The average Bonchev–Trinajstić information content (AvgIpc) is 3.34. The lowest BCUT2D eigenvalue weighted by molar-refractivity contribution is -0.143. The molecule has 37 heavy (non-hydrogen) atoms. The fraction of sp³-hybridized carbons (Fsp3) is 0.560. The zero-order valence-corrected chi connectivity index (χ0v) is 21.9. The lowest BCUT2D eigenvalue weighted by Crippen LogP contribution is -2.55. The summed E-state index contributed by atoms with van der Waals surface area (Å²) in [5.74, 6) is -2.08. The standard InChI is InChI=1S/C25H33ClF2N4O5/c1-16(2)20-6-10-29-32(20)25(8-11-31(12-9-25)15-17(22(33)34)7-13-36-3)23(35)30-19-5-4-18(26)14-21(19)37-24(27)28/h4-6,10,14,16-17,24H,7-9,11-13,15H2,1-3H3,(H,30,35)(H,33,34)/t17-/m1/s1. The van der Waals surface area contributed by atoms with Crippen molar-refractivity contribution >= 4 is 29.2 Å². The van der Waals surface area contributed by atoms with Gasteiger partial charge in [-0.15, -0.1) is 0 Å². The van der Waals surface area contributed by atoms with Crippen molar-refractivity contribution < 1.29 is 33.0 Å². The Morgan fingerprint density at radius 2 is 1.95 bits per heavy atom. The number of alkyl halides is 2. The van der Waals surface area contributed by atoms with E-state index in [1.54, 1.807) is 10.9 Å². The van der Waals surface area contributed by atoms with Crippen LogP contribution in [0.2, 0.25) is 5.02 Å². The number of rotatable bonds is 12. The number of carboxylic acid groups (broad SMARTS) is 1. The number of carbonyl (C=O) groups is 2. The molecule has 0 radical (unpaired) electrons. The highest BCUT2D eigenvalue weighted by molar-refractivity contribution is 6.30. The summed E-state index contributed by atoms with van der Waals surface area (Å²) in [6, 6.07) is 5.97. The third-order valence-electron chi connectivity index (χ3n) is 6.68. The Morgan fingerprint density at radius 3 is 2.54 bits per heavy atom. The number of hydrogen-bond donors (Lipinski definition) is 2. The van der Waals surface area contributed by atoms with Crippen LogP contribution in [0.4, 0.5) is 14.5 Å². The molecule has 204 valence electrons. The van der Waals surface area contributed by atoms with Crippen molar-refractivity contribution in [3.05, 3.63) is 41.2 Å². The average molecular weight is 543 g/mol. The van der Waals surface area contributed by atoms with Crippen LogP contribution in [-0.2, 0) is 19.9 Å². The molecule has 12 heteroatoms. The van der Waals surface area contributed by atoms with Crippen LogP contribution in [-0.4, -0.2) is 71.6 Å². The van der Waals surface area contributed by atoms with E-state index in [1.165, 1.54) is 25.3 Å². The monoisotopic (exact) mass is 542 g/mol. The van der Waals surface area contributed by atoms with E-state index in [2.05, 4.69) is 15.2 Å². The first-order valence-electron chi connectivity index (χ1n) is 12.1. The molecule has 0 aliphatic carbocycles.